The molecule has 0 radical (unpaired) electrons. The molecule has 0 unspecified atom stereocenters. The molecule has 0 spiro atoms. The van der Waals surface area contributed by atoms with Crippen LogP contribution in [0.5, 0.6) is 5.75 Å². The Labute approximate surface area is 105 Å². The first-order valence-corrected chi connectivity index (χ1v) is 5.31. The summed E-state index contributed by atoms with van der Waals surface area (Å²) in [6.45, 7) is 1.05. The van der Waals surface area contributed by atoms with Crippen LogP contribution in [0.4, 0.5) is 5.69 Å². The second kappa shape index (κ2) is 6.61. The Morgan fingerprint density at radius 2 is 2.17 bits per heavy atom. The predicted molar refractivity (Wildman–Crippen MR) is 64.7 cm³/mol. The van der Waals surface area contributed by atoms with Gasteiger partial charge in [-0.3, -0.25) is 4.79 Å². The number of nitrogens with one attached hydrogen (secondary N) is 1. The highest BCUT2D eigenvalue weighted by Crippen LogP contribution is 2.16. The second-order valence-corrected chi connectivity index (χ2v) is 3.57. The van der Waals surface area contributed by atoms with E-state index in [0.717, 1.165) is 0 Å². The zero-order chi connectivity index (χ0) is 13.5. The van der Waals surface area contributed by atoms with Gasteiger partial charge in [0.1, 0.15) is 12.4 Å². The van der Waals surface area contributed by atoms with Crippen LogP contribution in [0.25, 0.3) is 0 Å². The molecule has 1 aromatic rings. The largest absolute Gasteiger partial charge is 0.497 e. The van der Waals surface area contributed by atoms with Gasteiger partial charge in [-0.05, 0) is 19.1 Å². The van der Waals surface area contributed by atoms with Crippen molar-refractivity contribution in [1.29, 1.82) is 0 Å². The van der Waals surface area contributed by atoms with Gasteiger partial charge in [0.15, 0.2) is 6.10 Å². The summed E-state index contributed by atoms with van der Waals surface area (Å²) in [7, 11) is 1.53. The molecular formula is C12H15NO5. The van der Waals surface area contributed by atoms with Gasteiger partial charge < -0.3 is 19.9 Å². The molecule has 98 valence electrons. The minimum absolute atomic E-state index is 0.315. The molecule has 0 bridgehead atoms. The van der Waals surface area contributed by atoms with Crippen LogP contribution in [0.2, 0.25) is 0 Å². The van der Waals surface area contributed by atoms with Crippen LogP contribution in [0.3, 0.4) is 0 Å². The number of carbonyl (C=O) groups excluding carboxylic acids is 1. The van der Waals surface area contributed by atoms with E-state index in [1.54, 1.807) is 24.3 Å². The molecule has 0 aromatic heterocycles. The minimum atomic E-state index is -1.11. The first-order chi connectivity index (χ1) is 8.52. The third kappa shape index (κ3) is 4.42. The Morgan fingerprint density at radius 1 is 1.44 bits per heavy atom. The molecule has 0 aliphatic carbocycles. The number of ether oxygens (including phenoxy) is 2. The highest BCUT2D eigenvalue weighted by Gasteiger charge is 2.13. The maximum Gasteiger partial charge on any atom is 0.332 e. The number of rotatable bonds is 6. The molecule has 0 aliphatic rings. The summed E-state index contributed by atoms with van der Waals surface area (Å²) in [5.74, 6) is -0.909. The van der Waals surface area contributed by atoms with Crippen LogP contribution in [-0.2, 0) is 14.3 Å². The zero-order valence-electron chi connectivity index (χ0n) is 10.2. The molecular weight excluding hydrogens is 238 g/mol. The number of carboxylic acids is 1. The number of anilines is 1. The molecule has 0 fully saturated rings. The lowest BCUT2D eigenvalue weighted by Gasteiger charge is -2.09. The van der Waals surface area contributed by atoms with Crippen molar-refractivity contribution >= 4 is 17.6 Å². The van der Waals surface area contributed by atoms with Crippen molar-refractivity contribution in [3.05, 3.63) is 24.3 Å². The van der Waals surface area contributed by atoms with E-state index < -0.39 is 18.0 Å². The number of carbonyl (C=O) groups is 2. The van der Waals surface area contributed by atoms with E-state index in [4.69, 9.17) is 14.6 Å². The lowest BCUT2D eigenvalue weighted by atomic mass is 10.3. The number of hydrogen-bond donors (Lipinski definition) is 2. The fraction of sp³-hybridized carbons (Fsp3) is 0.333. The average Bonchev–Trinajstić information content (AvgIpc) is 2.36. The summed E-state index contributed by atoms with van der Waals surface area (Å²) in [5.41, 5.74) is 0.561. The average molecular weight is 253 g/mol. The maximum absolute atomic E-state index is 11.5. The number of carboxylic acid groups (broad SMARTS) is 1. The Kier molecular flexibility index (Phi) is 5.13. The molecule has 18 heavy (non-hydrogen) atoms. The molecule has 1 aromatic carbocycles. The monoisotopic (exact) mass is 253 g/mol. The summed E-state index contributed by atoms with van der Waals surface area (Å²) in [6.07, 6.45) is -1.01. The van der Waals surface area contributed by atoms with Crippen LogP contribution in [0, 0.1) is 0 Å². The van der Waals surface area contributed by atoms with Gasteiger partial charge in [-0.15, -0.1) is 0 Å². The van der Waals surface area contributed by atoms with Crippen molar-refractivity contribution in [1.82, 2.24) is 0 Å². The third-order valence-electron chi connectivity index (χ3n) is 2.17. The van der Waals surface area contributed by atoms with Crippen molar-refractivity contribution in [2.24, 2.45) is 0 Å². The Morgan fingerprint density at radius 3 is 2.78 bits per heavy atom. The molecule has 0 saturated carbocycles. The molecule has 0 saturated heterocycles. The topological polar surface area (TPSA) is 84.9 Å². The zero-order valence-corrected chi connectivity index (χ0v) is 10.2. The van der Waals surface area contributed by atoms with Crippen LogP contribution in [-0.4, -0.2) is 36.8 Å². The van der Waals surface area contributed by atoms with E-state index in [1.807, 2.05) is 0 Å². The van der Waals surface area contributed by atoms with E-state index in [0.29, 0.717) is 11.4 Å². The summed E-state index contributed by atoms with van der Waals surface area (Å²) < 4.78 is 9.86. The number of amides is 1. The van der Waals surface area contributed by atoms with Crippen LogP contribution < -0.4 is 10.1 Å². The highest BCUT2D eigenvalue weighted by atomic mass is 16.5. The normalized spacial score (nSPS) is 11.7. The molecule has 2 N–H and O–H groups in total. The van der Waals surface area contributed by atoms with Gasteiger partial charge in [0.05, 0.1) is 7.11 Å². The molecule has 6 heteroatoms. The first-order valence-electron chi connectivity index (χ1n) is 5.31. The van der Waals surface area contributed by atoms with E-state index in [-0.39, 0.29) is 6.61 Å². The molecule has 1 rings (SSSR count). The Bertz CT molecular complexity index is 432. The van der Waals surface area contributed by atoms with Crippen molar-refractivity contribution in [3.63, 3.8) is 0 Å². The summed E-state index contributed by atoms with van der Waals surface area (Å²) >= 11 is 0. The van der Waals surface area contributed by atoms with Gasteiger partial charge in [0.25, 0.3) is 0 Å². The van der Waals surface area contributed by atoms with Crippen molar-refractivity contribution in [2.75, 3.05) is 19.0 Å². The number of methoxy groups -OCH3 is 1. The van der Waals surface area contributed by atoms with E-state index in [1.165, 1.54) is 14.0 Å². The summed E-state index contributed by atoms with van der Waals surface area (Å²) in [6, 6.07) is 6.83. The molecule has 1 atom stereocenters. The van der Waals surface area contributed by atoms with Crippen LogP contribution >= 0.6 is 0 Å². The van der Waals surface area contributed by atoms with E-state index in [9.17, 15) is 9.59 Å². The molecule has 1 amide bonds. The van der Waals surface area contributed by atoms with E-state index in [2.05, 4.69) is 5.32 Å². The lowest BCUT2D eigenvalue weighted by Crippen LogP contribution is -2.26. The van der Waals surface area contributed by atoms with Gasteiger partial charge in [0.2, 0.25) is 5.91 Å². The smallest absolute Gasteiger partial charge is 0.332 e. The van der Waals surface area contributed by atoms with Gasteiger partial charge >= 0.3 is 5.97 Å². The Balaban J connectivity index is 2.46. The van der Waals surface area contributed by atoms with Gasteiger partial charge in [-0.2, -0.15) is 0 Å². The number of hydrogen-bond acceptors (Lipinski definition) is 4. The van der Waals surface area contributed by atoms with Gasteiger partial charge in [0, 0.05) is 11.8 Å². The van der Waals surface area contributed by atoms with Gasteiger partial charge in [-0.25, -0.2) is 4.79 Å². The minimum Gasteiger partial charge on any atom is -0.497 e. The third-order valence-corrected chi connectivity index (χ3v) is 2.17. The van der Waals surface area contributed by atoms with Crippen LogP contribution in [0.15, 0.2) is 24.3 Å². The van der Waals surface area contributed by atoms with Crippen molar-refractivity contribution < 1.29 is 24.2 Å². The first kappa shape index (κ1) is 14.0. The predicted octanol–water partition coefficient (Wildman–Crippen LogP) is 1.12. The lowest BCUT2D eigenvalue weighted by molar-refractivity contribution is -0.150. The van der Waals surface area contributed by atoms with Crippen LogP contribution in [0.1, 0.15) is 6.92 Å². The molecule has 6 nitrogen and oxygen atoms in total. The Hall–Kier alpha value is -2.08. The van der Waals surface area contributed by atoms with Gasteiger partial charge in [-0.1, -0.05) is 6.07 Å². The summed E-state index contributed by atoms with van der Waals surface area (Å²) in [5, 5.41) is 11.2. The quantitative estimate of drug-likeness (QED) is 0.793. The second-order valence-electron chi connectivity index (χ2n) is 3.57. The van der Waals surface area contributed by atoms with Crippen molar-refractivity contribution in [3.8, 4) is 5.75 Å². The fourth-order valence-corrected chi connectivity index (χ4v) is 1.17. The van der Waals surface area contributed by atoms with E-state index >= 15 is 0 Å². The SMILES string of the molecule is COc1cccc(NC(=O)CO[C@@H](C)C(=O)O)c1. The number of aliphatic carboxylic acids is 1. The molecule has 0 aliphatic heterocycles. The fourth-order valence-electron chi connectivity index (χ4n) is 1.17. The number of benzene rings is 1. The maximum atomic E-state index is 11.5. The van der Waals surface area contributed by atoms with Crippen molar-refractivity contribution in [2.45, 2.75) is 13.0 Å². The molecule has 0 heterocycles. The summed E-state index contributed by atoms with van der Waals surface area (Å²) in [4.78, 5) is 21.9. The standard InChI is InChI=1S/C12H15NO5/c1-8(12(15)16)18-7-11(14)13-9-4-3-5-10(6-9)17-2/h3-6,8H,7H2,1-2H3,(H,13,14)(H,15,16)/t8-/m0/s1. The highest BCUT2D eigenvalue weighted by molar-refractivity contribution is 5.92.